The second kappa shape index (κ2) is 5.24. The molecule has 25 heavy (non-hydrogen) atoms. The Morgan fingerprint density at radius 1 is 1.08 bits per heavy atom. The summed E-state index contributed by atoms with van der Waals surface area (Å²) in [6, 6.07) is 9.12. The first-order valence-corrected chi connectivity index (χ1v) is 9.04. The van der Waals surface area contributed by atoms with Crippen molar-refractivity contribution in [1.29, 1.82) is 0 Å². The number of rotatable bonds is 1. The van der Waals surface area contributed by atoms with Gasteiger partial charge in [0, 0.05) is 34.5 Å². The van der Waals surface area contributed by atoms with E-state index in [0.717, 1.165) is 32.7 Å². The number of hydrogen-bond acceptors (Lipinski definition) is 2. The van der Waals surface area contributed by atoms with Crippen LogP contribution >= 0.6 is 15.9 Å². The van der Waals surface area contributed by atoms with Crippen LogP contribution in [0.1, 0.15) is 44.4 Å². The molecule has 3 nitrogen and oxygen atoms in total. The minimum atomic E-state index is -0.444. The van der Waals surface area contributed by atoms with Crippen molar-refractivity contribution >= 4 is 27.3 Å². The molecular weight excluding hydrogens is 381 g/mol. The lowest BCUT2D eigenvalue weighted by molar-refractivity contribution is 0.293. The van der Waals surface area contributed by atoms with Crippen LogP contribution in [-0.4, -0.2) is 20.6 Å². The van der Waals surface area contributed by atoms with Gasteiger partial charge in [-0.05, 0) is 48.0 Å². The maximum absolute atomic E-state index is 14.8. The second-order valence-electron chi connectivity index (χ2n) is 7.53. The summed E-state index contributed by atoms with van der Waals surface area (Å²) in [4.78, 5) is 9.54. The van der Waals surface area contributed by atoms with Gasteiger partial charge in [-0.2, -0.15) is 0 Å². The fourth-order valence-corrected chi connectivity index (χ4v) is 3.86. The zero-order chi connectivity index (χ0) is 18.0. The molecule has 1 aliphatic heterocycles. The van der Waals surface area contributed by atoms with Gasteiger partial charge in [0.15, 0.2) is 0 Å². The molecule has 1 aliphatic rings. The molecule has 0 saturated heterocycles. The summed E-state index contributed by atoms with van der Waals surface area (Å²) in [7, 11) is 0. The molecule has 0 spiro atoms. The molecule has 4 rings (SSSR count). The molecule has 0 radical (unpaired) electrons. The van der Waals surface area contributed by atoms with E-state index in [4.69, 9.17) is 4.99 Å². The van der Waals surface area contributed by atoms with Crippen LogP contribution in [0.15, 0.2) is 52.3 Å². The van der Waals surface area contributed by atoms with Gasteiger partial charge < -0.3 is 0 Å². The molecular formula is C20H19BrFN3. The quantitative estimate of drug-likeness (QED) is 0.556. The highest BCUT2D eigenvalue weighted by Crippen LogP contribution is 2.44. The van der Waals surface area contributed by atoms with Crippen LogP contribution in [0.25, 0.3) is 5.65 Å². The Balaban J connectivity index is 2.02. The van der Waals surface area contributed by atoms with Crippen molar-refractivity contribution in [2.75, 3.05) is 0 Å². The number of aromatic nitrogens is 2. The summed E-state index contributed by atoms with van der Waals surface area (Å²) in [6.45, 7) is 8.22. The molecule has 5 heteroatoms. The lowest BCUT2D eigenvalue weighted by atomic mass is 9.65. The zero-order valence-corrected chi connectivity index (χ0v) is 16.2. The summed E-state index contributed by atoms with van der Waals surface area (Å²) < 4.78 is 17.7. The maximum Gasteiger partial charge on any atom is 0.137 e. The molecule has 0 amide bonds. The number of aliphatic imine (C=N–C) groups is 1. The van der Waals surface area contributed by atoms with E-state index in [1.807, 2.05) is 35.0 Å². The number of benzene rings is 1. The van der Waals surface area contributed by atoms with Gasteiger partial charge in [-0.3, -0.25) is 9.39 Å². The smallest absolute Gasteiger partial charge is 0.137 e. The van der Waals surface area contributed by atoms with Crippen molar-refractivity contribution in [1.82, 2.24) is 9.38 Å². The molecule has 0 saturated carbocycles. The van der Waals surface area contributed by atoms with Crippen molar-refractivity contribution in [3.05, 3.63) is 69.8 Å². The molecule has 1 aromatic carbocycles. The van der Waals surface area contributed by atoms with Gasteiger partial charge in [0.05, 0.1) is 15.9 Å². The largest absolute Gasteiger partial charge is 0.295 e. The lowest BCUT2D eigenvalue weighted by Crippen LogP contribution is -2.46. The fourth-order valence-electron chi connectivity index (χ4n) is 3.44. The average Bonchev–Trinajstić information content (AvgIpc) is 2.92. The van der Waals surface area contributed by atoms with Crippen LogP contribution in [0.3, 0.4) is 0 Å². The topological polar surface area (TPSA) is 29.7 Å². The zero-order valence-electron chi connectivity index (χ0n) is 14.6. The van der Waals surface area contributed by atoms with Crippen molar-refractivity contribution < 1.29 is 4.39 Å². The number of fused-ring (bicyclic) bond motifs is 2. The van der Waals surface area contributed by atoms with Crippen LogP contribution in [0.4, 0.5) is 4.39 Å². The molecule has 0 atom stereocenters. The van der Waals surface area contributed by atoms with E-state index in [1.165, 1.54) is 6.07 Å². The molecule has 128 valence electrons. The van der Waals surface area contributed by atoms with Crippen LogP contribution in [0.2, 0.25) is 0 Å². The molecule has 3 heterocycles. The van der Waals surface area contributed by atoms with E-state index in [0.29, 0.717) is 0 Å². The first-order valence-electron chi connectivity index (χ1n) is 8.24. The van der Waals surface area contributed by atoms with E-state index in [2.05, 4.69) is 48.6 Å². The van der Waals surface area contributed by atoms with Crippen LogP contribution in [-0.2, 0) is 5.41 Å². The number of nitrogens with zero attached hydrogens (tertiary/aromatic N) is 3. The van der Waals surface area contributed by atoms with E-state index in [-0.39, 0.29) is 5.82 Å². The Kier molecular flexibility index (Phi) is 3.45. The minimum absolute atomic E-state index is 0.181. The predicted octanol–water partition coefficient (Wildman–Crippen LogP) is 5.14. The third kappa shape index (κ3) is 2.29. The highest BCUT2D eigenvalue weighted by atomic mass is 79.9. The average molecular weight is 400 g/mol. The lowest BCUT2D eigenvalue weighted by Gasteiger charge is -2.44. The van der Waals surface area contributed by atoms with Gasteiger partial charge in [-0.25, -0.2) is 9.37 Å². The monoisotopic (exact) mass is 399 g/mol. The van der Waals surface area contributed by atoms with Crippen LogP contribution < -0.4 is 0 Å². The maximum atomic E-state index is 14.8. The summed E-state index contributed by atoms with van der Waals surface area (Å²) in [6.07, 6.45) is 3.80. The molecule has 0 fully saturated rings. The standard InChI is InChI=1S/C20H19BrFN3/c1-19(2)17-13(6-5-7-14(17)22)18(24-20(19,3)4)12-10-23-16-9-8-15(21)25(16)11-12/h5-11H,1-4H3. The van der Waals surface area contributed by atoms with Crippen LogP contribution in [0, 0.1) is 5.82 Å². The van der Waals surface area contributed by atoms with Gasteiger partial charge >= 0.3 is 0 Å². The molecule has 0 bridgehead atoms. The Morgan fingerprint density at radius 3 is 2.60 bits per heavy atom. The van der Waals surface area contributed by atoms with Gasteiger partial charge in [-0.1, -0.05) is 26.0 Å². The number of hydrogen-bond donors (Lipinski definition) is 0. The SMILES string of the molecule is CC1(C)N=C(c2cnc3ccc(Br)n3c2)c2cccc(F)c2C1(C)C. The molecule has 2 aromatic heterocycles. The third-order valence-corrected chi connectivity index (χ3v) is 6.19. The third-order valence-electron chi connectivity index (χ3n) is 5.54. The van der Waals surface area contributed by atoms with Crippen LogP contribution in [0.5, 0.6) is 0 Å². The van der Waals surface area contributed by atoms with Gasteiger partial charge in [0.2, 0.25) is 0 Å². The van der Waals surface area contributed by atoms with Crippen molar-refractivity contribution in [3.63, 3.8) is 0 Å². The number of halogens is 2. The second-order valence-corrected chi connectivity index (χ2v) is 8.35. The van der Waals surface area contributed by atoms with E-state index < -0.39 is 11.0 Å². The molecule has 3 aromatic rings. The highest BCUT2D eigenvalue weighted by Gasteiger charge is 2.45. The van der Waals surface area contributed by atoms with Crippen molar-refractivity contribution in [3.8, 4) is 0 Å². The predicted molar refractivity (Wildman–Crippen MR) is 102 cm³/mol. The van der Waals surface area contributed by atoms with Gasteiger partial charge in [0.1, 0.15) is 11.5 Å². The van der Waals surface area contributed by atoms with E-state index in [1.54, 1.807) is 6.07 Å². The van der Waals surface area contributed by atoms with Gasteiger partial charge in [0.25, 0.3) is 0 Å². The van der Waals surface area contributed by atoms with Crippen molar-refractivity contribution in [2.45, 2.75) is 38.6 Å². The molecule has 0 unspecified atom stereocenters. The fraction of sp³-hybridized carbons (Fsp3) is 0.300. The first kappa shape index (κ1) is 16.5. The Labute approximate surface area is 154 Å². The minimum Gasteiger partial charge on any atom is -0.295 e. The summed E-state index contributed by atoms with van der Waals surface area (Å²) in [5.74, 6) is -0.181. The summed E-state index contributed by atoms with van der Waals surface area (Å²) >= 11 is 3.53. The van der Waals surface area contributed by atoms with Gasteiger partial charge in [-0.15, -0.1) is 0 Å². The Bertz CT molecular complexity index is 1030. The van der Waals surface area contributed by atoms with E-state index >= 15 is 0 Å². The Morgan fingerprint density at radius 2 is 1.84 bits per heavy atom. The molecule has 0 aliphatic carbocycles. The first-order chi connectivity index (χ1) is 11.7. The van der Waals surface area contributed by atoms with E-state index in [9.17, 15) is 4.39 Å². The summed E-state index contributed by atoms with van der Waals surface area (Å²) in [5, 5.41) is 0. The highest BCUT2D eigenvalue weighted by molar-refractivity contribution is 9.10. The van der Waals surface area contributed by atoms with Crippen molar-refractivity contribution in [2.24, 2.45) is 4.99 Å². The molecule has 0 N–H and O–H groups in total. The summed E-state index contributed by atoms with van der Waals surface area (Å²) in [5.41, 5.74) is 3.22. The Hall–Kier alpha value is -2.01. The normalized spacial score (nSPS) is 18.1.